The van der Waals surface area contributed by atoms with E-state index >= 15 is 0 Å². The zero-order valence-corrected chi connectivity index (χ0v) is 17.1. The van der Waals surface area contributed by atoms with E-state index in [9.17, 15) is 13.2 Å². The van der Waals surface area contributed by atoms with Gasteiger partial charge in [0.25, 0.3) is 5.91 Å². The summed E-state index contributed by atoms with van der Waals surface area (Å²) >= 11 is 1.45. The second kappa shape index (κ2) is 8.46. The van der Waals surface area contributed by atoms with Crippen molar-refractivity contribution < 1.29 is 13.2 Å². The third-order valence-corrected chi connectivity index (χ3v) is 7.07. The summed E-state index contributed by atoms with van der Waals surface area (Å²) in [4.78, 5) is 15.6. The first kappa shape index (κ1) is 19.9. The number of sulfonamides is 1. The van der Waals surface area contributed by atoms with Crippen molar-refractivity contribution in [2.75, 3.05) is 19.3 Å². The average molecular weight is 405 g/mol. The molecule has 0 aromatic heterocycles. The number of benzene rings is 2. The minimum Gasteiger partial charge on any atom is -0.339 e. The van der Waals surface area contributed by atoms with E-state index in [2.05, 4.69) is 4.72 Å². The Morgan fingerprint density at radius 1 is 1.11 bits per heavy atom. The molecule has 7 heteroatoms. The second-order valence-corrected chi connectivity index (χ2v) is 9.18. The van der Waals surface area contributed by atoms with Crippen LogP contribution in [0, 0.1) is 0 Å². The molecule has 2 aromatic rings. The molecule has 144 valence electrons. The van der Waals surface area contributed by atoms with Gasteiger partial charge in [-0.05, 0) is 49.8 Å². The number of rotatable bonds is 6. The molecule has 0 spiro atoms. The first-order chi connectivity index (χ1) is 12.9. The minimum atomic E-state index is -3.74. The van der Waals surface area contributed by atoms with Crippen molar-refractivity contribution in [1.82, 2.24) is 9.62 Å². The first-order valence-electron chi connectivity index (χ1n) is 8.97. The van der Waals surface area contributed by atoms with Crippen LogP contribution in [-0.4, -0.2) is 38.6 Å². The molecular weight excluding hydrogens is 380 g/mol. The van der Waals surface area contributed by atoms with Gasteiger partial charge in [-0.3, -0.25) is 4.79 Å². The van der Waals surface area contributed by atoms with E-state index in [0.29, 0.717) is 5.56 Å². The van der Waals surface area contributed by atoms with Crippen LogP contribution >= 0.6 is 11.8 Å². The van der Waals surface area contributed by atoms with Crippen LogP contribution < -0.4 is 4.72 Å². The van der Waals surface area contributed by atoms with Gasteiger partial charge in [-0.1, -0.05) is 30.3 Å². The normalized spacial score (nSPS) is 15.7. The zero-order valence-electron chi connectivity index (χ0n) is 15.5. The number of likely N-dealkylation sites (tertiary alicyclic amines) is 1. The standard InChI is InChI=1S/C20H24N2O3S2/c1-15(16-8-4-3-5-9-16)21-27(24,25)17-10-11-19(26-2)18(14-17)20(23)22-12-6-7-13-22/h3-5,8-11,14-15,21H,6-7,12-13H2,1-2H3. The third-order valence-electron chi connectivity index (χ3n) is 4.74. The molecule has 27 heavy (non-hydrogen) atoms. The van der Waals surface area contributed by atoms with E-state index in [4.69, 9.17) is 0 Å². The SMILES string of the molecule is CSc1ccc(S(=O)(=O)NC(C)c2ccccc2)cc1C(=O)N1CCCC1. The van der Waals surface area contributed by atoms with Gasteiger partial charge in [0.15, 0.2) is 0 Å². The number of carbonyl (C=O) groups excluding carboxylic acids is 1. The topological polar surface area (TPSA) is 66.5 Å². The fraction of sp³-hybridized carbons (Fsp3) is 0.350. The molecule has 3 rings (SSSR count). The summed E-state index contributed by atoms with van der Waals surface area (Å²) in [5, 5.41) is 0. The van der Waals surface area contributed by atoms with Gasteiger partial charge < -0.3 is 4.90 Å². The highest BCUT2D eigenvalue weighted by atomic mass is 32.2. The molecule has 2 aromatic carbocycles. The molecule has 0 saturated carbocycles. The molecule has 1 N–H and O–H groups in total. The Morgan fingerprint density at radius 2 is 1.78 bits per heavy atom. The van der Waals surface area contributed by atoms with Gasteiger partial charge in [-0.15, -0.1) is 11.8 Å². The lowest BCUT2D eigenvalue weighted by atomic mass is 10.1. The Hall–Kier alpha value is -1.83. The third kappa shape index (κ3) is 4.54. The maximum atomic E-state index is 12.9. The number of nitrogens with zero attached hydrogens (tertiary/aromatic N) is 1. The van der Waals surface area contributed by atoms with Crippen LogP contribution in [0.15, 0.2) is 58.3 Å². The fourth-order valence-electron chi connectivity index (χ4n) is 3.22. The lowest BCUT2D eigenvalue weighted by molar-refractivity contribution is 0.0789. The quantitative estimate of drug-likeness (QED) is 0.746. The van der Waals surface area contributed by atoms with Crippen LogP contribution in [0.25, 0.3) is 0 Å². The number of carbonyl (C=O) groups is 1. The highest BCUT2D eigenvalue weighted by molar-refractivity contribution is 7.98. The molecule has 5 nitrogen and oxygen atoms in total. The molecule has 0 bridgehead atoms. The second-order valence-electron chi connectivity index (χ2n) is 6.62. The van der Waals surface area contributed by atoms with Crippen molar-refractivity contribution in [1.29, 1.82) is 0 Å². The van der Waals surface area contributed by atoms with Crippen molar-refractivity contribution in [3.05, 3.63) is 59.7 Å². The van der Waals surface area contributed by atoms with Crippen LogP contribution in [0.4, 0.5) is 0 Å². The molecule has 1 heterocycles. The first-order valence-corrected chi connectivity index (χ1v) is 11.7. The smallest absolute Gasteiger partial charge is 0.255 e. The average Bonchev–Trinajstić information content (AvgIpc) is 3.22. The summed E-state index contributed by atoms with van der Waals surface area (Å²) in [7, 11) is -3.74. The van der Waals surface area contributed by atoms with Gasteiger partial charge in [0, 0.05) is 24.0 Å². The maximum absolute atomic E-state index is 12.9. The molecule has 0 radical (unpaired) electrons. The summed E-state index contributed by atoms with van der Waals surface area (Å²) in [5.41, 5.74) is 1.34. The number of thioether (sulfide) groups is 1. The van der Waals surface area contributed by atoms with Crippen molar-refractivity contribution in [2.24, 2.45) is 0 Å². The van der Waals surface area contributed by atoms with Crippen LogP contribution in [0.5, 0.6) is 0 Å². The number of hydrogen-bond acceptors (Lipinski definition) is 4. The van der Waals surface area contributed by atoms with Crippen molar-refractivity contribution in [2.45, 2.75) is 35.6 Å². The van der Waals surface area contributed by atoms with Crippen LogP contribution in [0.1, 0.15) is 41.7 Å². The van der Waals surface area contributed by atoms with Gasteiger partial charge in [0.2, 0.25) is 10.0 Å². The summed E-state index contributed by atoms with van der Waals surface area (Å²) in [6, 6.07) is 13.8. The molecule has 0 aliphatic carbocycles. The molecule has 1 fully saturated rings. The molecule has 1 aliphatic rings. The van der Waals surface area contributed by atoms with Crippen LogP contribution in [0.2, 0.25) is 0 Å². The van der Waals surface area contributed by atoms with Gasteiger partial charge in [0.1, 0.15) is 0 Å². The van der Waals surface area contributed by atoms with Gasteiger partial charge in [0.05, 0.1) is 10.5 Å². The van der Waals surface area contributed by atoms with E-state index in [1.807, 2.05) is 36.6 Å². The number of amides is 1. The summed E-state index contributed by atoms with van der Waals surface area (Å²) < 4.78 is 28.4. The highest BCUT2D eigenvalue weighted by Gasteiger charge is 2.25. The van der Waals surface area contributed by atoms with Gasteiger partial charge >= 0.3 is 0 Å². The fourth-order valence-corrected chi connectivity index (χ4v) is 5.05. The van der Waals surface area contributed by atoms with E-state index in [1.165, 1.54) is 17.8 Å². The van der Waals surface area contributed by atoms with Crippen molar-refractivity contribution in [3.8, 4) is 0 Å². The Morgan fingerprint density at radius 3 is 2.41 bits per heavy atom. The van der Waals surface area contributed by atoms with E-state index in [-0.39, 0.29) is 16.8 Å². The van der Waals surface area contributed by atoms with Gasteiger partial charge in [-0.2, -0.15) is 0 Å². The molecular formula is C20H24N2O3S2. The molecule has 1 atom stereocenters. The summed E-state index contributed by atoms with van der Waals surface area (Å²) in [6.45, 7) is 3.26. The molecule has 1 amide bonds. The van der Waals surface area contributed by atoms with Crippen molar-refractivity contribution in [3.63, 3.8) is 0 Å². The lowest BCUT2D eigenvalue weighted by Crippen LogP contribution is -2.29. The maximum Gasteiger partial charge on any atom is 0.255 e. The predicted molar refractivity (Wildman–Crippen MR) is 109 cm³/mol. The lowest BCUT2D eigenvalue weighted by Gasteiger charge is -2.19. The molecule has 1 aliphatic heterocycles. The Labute approximate surface area is 165 Å². The highest BCUT2D eigenvalue weighted by Crippen LogP contribution is 2.27. The molecule has 1 saturated heterocycles. The zero-order chi connectivity index (χ0) is 19.4. The van der Waals surface area contributed by atoms with Crippen molar-refractivity contribution >= 4 is 27.7 Å². The van der Waals surface area contributed by atoms with Crippen LogP contribution in [-0.2, 0) is 10.0 Å². The Kier molecular flexibility index (Phi) is 6.24. The summed E-state index contributed by atoms with van der Waals surface area (Å²) in [6.07, 6.45) is 3.88. The minimum absolute atomic E-state index is 0.0926. The van der Waals surface area contributed by atoms with E-state index in [0.717, 1.165) is 36.4 Å². The van der Waals surface area contributed by atoms with E-state index < -0.39 is 10.0 Å². The van der Waals surface area contributed by atoms with Gasteiger partial charge in [-0.25, -0.2) is 13.1 Å². The molecule has 1 unspecified atom stereocenters. The monoisotopic (exact) mass is 404 g/mol. The van der Waals surface area contributed by atoms with E-state index in [1.54, 1.807) is 24.0 Å². The Bertz CT molecular complexity index is 908. The largest absolute Gasteiger partial charge is 0.339 e. The number of nitrogens with one attached hydrogen (secondary N) is 1. The van der Waals surface area contributed by atoms with Crippen LogP contribution in [0.3, 0.4) is 0 Å². The predicted octanol–water partition coefficient (Wildman–Crippen LogP) is 3.68. The number of hydrogen-bond donors (Lipinski definition) is 1. The Balaban J connectivity index is 1.89. The summed E-state index contributed by atoms with van der Waals surface area (Å²) in [5.74, 6) is -0.0926.